The molecule has 0 aliphatic rings. The van der Waals surface area contributed by atoms with Gasteiger partial charge in [0.25, 0.3) is 0 Å². The van der Waals surface area contributed by atoms with Gasteiger partial charge in [-0.05, 0) is 25.1 Å². The van der Waals surface area contributed by atoms with Gasteiger partial charge >= 0.3 is 0 Å². The Bertz CT molecular complexity index is 550. The highest BCUT2D eigenvalue weighted by atomic mass is 16.5. The van der Waals surface area contributed by atoms with Gasteiger partial charge in [0.05, 0.1) is 25.0 Å². The van der Waals surface area contributed by atoms with Crippen LogP contribution in [0.2, 0.25) is 0 Å². The summed E-state index contributed by atoms with van der Waals surface area (Å²) in [5.41, 5.74) is 3.23. The van der Waals surface area contributed by atoms with Gasteiger partial charge in [0, 0.05) is 13.2 Å². The van der Waals surface area contributed by atoms with Crippen LogP contribution in [0.3, 0.4) is 0 Å². The van der Waals surface area contributed by atoms with Gasteiger partial charge in [-0.3, -0.25) is 9.67 Å². The summed E-state index contributed by atoms with van der Waals surface area (Å²) in [4.78, 5) is 4.53. The lowest BCUT2D eigenvalue weighted by molar-refractivity contribution is 0.402. The minimum Gasteiger partial charge on any atom is -0.493 e. The van der Waals surface area contributed by atoms with Crippen LogP contribution >= 0.6 is 0 Å². The first-order chi connectivity index (χ1) is 9.22. The van der Waals surface area contributed by atoms with E-state index in [4.69, 9.17) is 4.74 Å². The van der Waals surface area contributed by atoms with Gasteiger partial charge in [-0.15, -0.1) is 0 Å². The second-order valence-corrected chi connectivity index (χ2v) is 4.34. The topological polar surface area (TPSA) is 52.0 Å². The molecule has 0 saturated carbocycles. The largest absolute Gasteiger partial charge is 0.493 e. The highest BCUT2D eigenvalue weighted by molar-refractivity contribution is 5.36. The molecule has 0 fully saturated rings. The molecule has 5 nitrogen and oxygen atoms in total. The Morgan fingerprint density at radius 1 is 1.47 bits per heavy atom. The molecular formula is C14H20N4O. The van der Waals surface area contributed by atoms with E-state index in [2.05, 4.69) is 28.4 Å². The third-order valence-corrected chi connectivity index (χ3v) is 3.31. The number of methoxy groups -OCH3 is 1. The van der Waals surface area contributed by atoms with Crippen LogP contribution in [0.4, 0.5) is 0 Å². The van der Waals surface area contributed by atoms with E-state index in [0.717, 1.165) is 23.6 Å². The number of nitrogens with zero attached hydrogens (tertiary/aromatic N) is 3. The molecule has 0 amide bonds. The number of hydrogen-bond acceptors (Lipinski definition) is 4. The maximum Gasteiger partial charge on any atom is 0.161 e. The van der Waals surface area contributed by atoms with Gasteiger partial charge < -0.3 is 10.1 Å². The maximum absolute atomic E-state index is 5.39. The molecule has 2 rings (SSSR count). The fraction of sp³-hybridized carbons (Fsp3) is 0.429. The number of aryl methyl sites for hydroxylation is 2. The van der Waals surface area contributed by atoms with Crippen molar-refractivity contribution < 1.29 is 4.74 Å². The van der Waals surface area contributed by atoms with Crippen LogP contribution in [0.25, 0.3) is 0 Å². The molecule has 1 N–H and O–H groups in total. The quantitative estimate of drug-likeness (QED) is 0.889. The van der Waals surface area contributed by atoms with Crippen molar-refractivity contribution in [2.75, 3.05) is 14.2 Å². The van der Waals surface area contributed by atoms with Crippen molar-refractivity contribution in [3.05, 3.63) is 41.5 Å². The maximum atomic E-state index is 5.39. The molecule has 19 heavy (non-hydrogen) atoms. The molecule has 0 aliphatic carbocycles. The second-order valence-electron chi connectivity index (χ2n) is 4.34. The van der Waals surface area contributed by atoms with E-state index in [1.807, 2.05) is 31.0 Å². The summed E-state index contributed by atoms with van der Waals surface area (Å²) < 4.78 is 7.22. The second kappa shape index (κ2) is 5.84. The van der Waals surface area contributed by atoms with Gasteiger partial charge in [-0.25, -0.2) is 0 Å². The predicted octanol–water partition coefficient (Wildman–Crippen LogP) is 1.69. The minimum absolute atomic E-state index is 0.0291. The molecule has 0 spiro atoms. The molecule has 2 aromatic rings. The summed E-state index contributed by atoms with van der Waals surface area (Å²) in [5.74, 6) is 0.773. The smallest absolute Gasteiger partial charge is 0.161 e. The molecular weight excluding hydrogens is 240 g/mol. The third-order valence-electron chi connectivity index (χ3n) is 3.31. The Kier molecular flexibility index (Phi) is 4.16. The molecule has 0 radical (unpaired) electrons. The zero-order valence-electron chi connectivity index (χ0n) is 11.8. The summed E-state index contributed by atoms with van der Waals surface area (Å²) in [6.07, 6.45) is 4.50. The lowest BCUT2D eigenvalue weighted by Gasteiger charge is -2.19. The molecule has 2 aromatic heterocycles. The molecule has 0 aromatic carbocycles. The normalized spacial score (nSPS) is 12.4. The summed E-state index contributed by atoms with van der Waals surface area (Å²) in [6, 6.07) is 4.05. The molecule has 1 unspecified atom stereocenters. The van der Waals surface area contributed by atoms with Crippen LogP contribution in [0.1, 0.15) is 29.9 Å². The molecule has 0 bridgehead atoms. The fourth-order valence-corrected chi connectivity index (χ4v) is 2.33. The summed E-state index contributed by atoms with van der Waals surface area (Å²) in [6.45, 7) is 2.13. The van der Waals surface area contributed by atoms with Crippen LogP contribution in [0.15, 0.2) is 24.5 Å². The SMILES string of the molecule is CCc1cccnc1C(NC)c1c(OC)cnn1C. The van der Waals surface area contributed by atoms with Crippen molar-refractivity contribution in [2.45, 2.75) is 19.4 Å². The predicted molar refractivity (Wildman–Crippen MR) is 74.3 cm³/mol. The standard InChI is InChI=1S/C14H20N4O/c1-5-10-7-6-8-16-12(10)13(15-2)14-11(19-4)9-17-18(14)3/h6-9,13,15H,5H2,1-4H3. The van der Waals surface area contributed by atoms with Crippen molar-refractivity contribution in [3.8, 4) is 5.75 Å². The number of rotatable bonds is 5. The van der Waals surface area contributed by atoms with Crippen LogP contribution in [0.5, 0.6) is 5.75 Å². The van der Waals surface area contributed by atoms with E-state index in [9.17, 15) is 0 Å². The van der Waals surface area contributed by atoms with Crippen LogP contribution in [0, 0.1) is 0 Å². The first kappa shape index (κ1) is 13.5. The summed E-state index contributed by atoms with van der Waals surface area (Å²) >= 11 is 0. The Hall–Kier alpha value is -1.88. The van der Waals surface area contributed by atoms with Crippen LogP contribution < -0.4 is 10.1 Å². The van der Waals surface area contributed by atoms with Gasteiger partial charge in [0.15, 0.2) is 5.75 Å². The minimum atomic E-state index is -0.0291. The number of aromatic nitrogens is 3. The number of pyridine rings is 1. The monoisotopic (exact) mass is 260 g/mol. The summed E-state index contributed by atoms with van der Waals surface area (Å²) in [7, 11) is 5.49. The highest BCUT2D eigenvalue weighted by Gasteiger charge is 2.23. The summed E-state index contributed by atoms with van der Waals surface area (Å²) in [5, 5.41) is 7.57. The first-order valence-corrected chi connectivity index (χ1v) is 6.39. The number of hydrogen-bond donors (Lipinski definition) is 1. The van der Waals surface area contributed by atoms with Crippen molar-refractivity contribution in [2.24, 2.45) is 7.05 Å². The highest BCUT2D eigenvalue weighted by Crippen LogP contribution is 2.29. The molecule has 5 heteroatoms. The first-order valence-electron chi connectivity index (χ1n) is 6.39. The van der Waals surface area contributed by atoms with E-state index in [1.54, 1.807) is 13.3 Å². The van der Waals surface area contributed by atoms with Gasteiger partial charge in [0.1, 0.15) is 5.69 Å². The number of nitrogens with one attached hydrogen (secondary N) is 1. The van der Waals surface area contributed by atoms with Gasteiger partial charge in [-0.1, -0.05) is 13.0 Å². The zero-order chi connectivity index (χ0) is 13.8. The average molecular weight is 260 g/mol. The van der Waals surface area contributed by atoms with Crippen molar-refractivity contribution >= 4 is 0 Å². The molecule has 0 saturated heterocycles. The lowest BCUT2D eigenvalue weighted by atomic mass is 10.0. The zero-order valence-corrected chi connectivity index (χ0v) is 11.8. The van der Waals surface area contributed by atoms with E-state index >= 15 is 0 Å². The molecule has 1 atom stereocenters. The van der Waals surface area contributed by atoms with Crippen LogP contribution in [-0.4, -0.2) is 28.9 Å². The Morgan fingerprint density at radius 3 is 2.89 bits per heavy atom. The van der Waals surface area contributed by atoms with E-state index in [1.165, 1.54) is 5.56 Å². The van der Waals surface area contributed by atoms with Gasteiger partial charge in [-0.2, -0.15) is 5.10 Å². The van der Waals surface area contributed by atoms with E-state index in [0.29, 0.717) is 0 Å². The van der Waals surface area contributed by atoms with Crippen molar-refractivity contribution in [1.82, 2.24) is 20.1 Å². The molecule has 102 valence electrons. The van der Waals surface area contributed by atoms with E-state index < -0.39 is 0 Å². The lowest BCUT2D eigenvalue weighted by Crippen LogP contribution is -2.23. The van der Waals surface area contributed by atoms with E-state index in [-0.39, 0.29) is 6.04 Å². The third kappa shape index (κ3) is 2.46. The Morgan fingerprint density at radius 2 is 2.26 bits per heavy atom. The molecule has 2 heterocycles. The fourth-order valence-electron chi connectivity index (χ4n) is 2.33. The van der Waals surface area contributed by atoms with Crippen molar-refractivity contribution in [1.29, 1.82) is 0 Å². The number of ether oxygens (including phenoxy) is 1. The average Bonchev–Trinajstić information content (AvgIpc) is 2.82. The Labute approximate surface area is 113 Å². The Balaban J connectivity index is 2.53. The van der Waals surface area contributed by atoms with Gasteiger partial charge in [0.2, 0.25) is 0 Å². The van der Waals surface area contributed by atoms with Crippen molar-refractivity contribution in [3.63, 3.8) is 0 Å². The molecule has 0 aliphatic heterocycles. The van der Waals surface area contributed by atoms with Crippen LogP contribution in [-0.2, 0) is 13.5 Å².